The second kappa shape index (κ2) is 5.25. The van der Waals surface area contributed by atoms with Gasteiger partial charge < -0.3 is 14.2 Å². The quantitative estimate of drug-likeness (QED) is 0.755. The molecule has 98 valence electrons. The zero-order valence-corrected chi connectivity index (χ0v) is 10.8. The molecule has 0 spiro atoms. The van der Waals surface area contributed by atoms with E-state index in [0.717, 1.165) is 18.4 Å². The van der Waals surface area contributed by atoms with Gasteiger partial charge in [0, 0.05) is 17.5 Å². The van der Waals surface area contributed by atoms with Crippen LogP contribution < -0.4 is 14.2 Å². The van der Waals surface area contributed by atoms with Crippen molar-refractivity contribution in [2.75, 3.05) is 21.3 Å². The third kappa shape index (κ3) is 2.00. The summed E-state index contributed by atoms with van der Waals surface area (Å²) in [7, 11) is 4.77. The highest BCUT2D eigenvalue weighted by Crippen LogP contribution is 2.46. The Labute approximate surface area is 106 Å². The van der Waals surface area contributed by atoms with Gasteiger partial charge >= 0.3 is 0 Å². The first-order chi connectivity index (χ1) is 8.74. The Hall–Kier alpha value is -1.78. The van der Waals surface area contributed by atoms with Crippen molar-refractivity contribution in [1.29, 1.82) is 0 Å². The molecule has 1 aliphatic rings. The van der Waals surface area contributed by atoms with Gasteiger partial charge in [-0.15, -0.1) is 0 Å². The number of nitrogens with zero attached hydrogens (tertiary/aromatic N) is 1. The van der Waals surface area contributed by atoms with Gasteiger partial charge in [-0.25, -0.2) is 0 Å². The summed E-state index contributed by atoms with van der Waals surface area (Å²) in [5.41, 5.74) is 0.964. The Bertz CT molecular complexity index is 447. The molecule has 1 fully saturated rings. The van der Waals surface area contributed by atoms with Crippen LogP contribution in [0.2, 0.25) is 0 Å². The second-order valence-electron chi connectivity index (χ2n) is 4.31. The lowest BCUT2D eigenvalue weighted by atomic mass is 9.75. The van der Waals surface area contributed by atoms with Gasteiger partial charge in [0.25, 0.3) is 0 Å². The van der Waals surface area contributed by atoms with Crippen molar-refractivity contribution >= 4 is 0 Å². The zero-order valence-electron chi connectivity index (χ0n) is 10.8. The molecular weight excluding hydrogens is 234 g/mol. The molecule has 1 aromatic rings. The number of ether oxygens (including phenoxy) is 3. The summed E-state index contributed by atoms with van der Waals surface area (Å²) in [6.07, 6.45) is 1.79. The van der Waals surface area contributed by atoms with Gasteiger partial charge in [-0.3, -0.25) is 0 Å². The normalized spacial score (nSPS) is 21.9. The summed E-state index contributed by atoms with van der Waals surface area (Å²) in [5, 5.41) is 3.15. The van der Waals surface area contributed by atoms with Crippen molar-refractivity contribution < 1.29 is 14.2 Å². The predicted molar refractivity (Wildman–Crippen MR) is 67.7 cm³/mol. The third-order valence-corrected chi connectivity index (χ3v) is 3.51. The van der Waals surface area contributed by atoms with Crippen molar-refractivity contribution in [2.24, 2.45) is 5.18 Å². The number of hydrogen-bond acceptors (Lipinski definition) is 5. The van der Waals surface area contributed by atoms with Crippen LogP contribution in [0.1, 0.15) is 24.3 Å². The molecular formula is C13H17NO4. The predicted octanol–water partition coefficient (Wildman–Crippen LogP) is 2.72. The average Bonchev–Trinajstić information content (AvgIpc) is 2.37. The van der Waals surface area contributed by atoms with E-state index in [1.54, 1.807) is 27.4 Å². The summed E-state index contributed by atoms with van der Waals surface area (Å²) >= 11 is 0. The molecule has 1 aromatic carbocycles. The number of rotatable bonds is 5. The molecule has 18 heavy (non-hydrogen) atoms. The van der Waals surface area contributed by atoms with Gasteiger partial charge in [0.2, 0.25) is 0 Å². The van der Waals surface area contributed by atoms with E-state index in [-0.39, 0.29) is 12.0 Å². The van der Waals surface area contributed by atoms with E-state index < -0.39 is 0 Å². The molecule has 1 saturated carbocycles. The minimum absolute atomic E-state index is 0.122. The van der Waals surface area contributed by atoms with Gasteiger partial charge in [0.15, 0.2) is 11.5 Å². The summed E-state index contributed by atoms with van der Waals surface area (Å²) in [4.78, 5) is 10.7. The van der Waals surface area contributed by atoms with Gasteiger partial charge in [-0.2, -0.15) is 4.91 Å². The standard InChI is InChI=1S/C13H17NO4/c1-16-11-7-13(18-3)12(17-2)6-9(11)8-4-5-10(8)14-15/h6-8,10H,4-5H2,1-3H3. The molecule has 0 amide bonds. The fourth-order valence-corrected chi connectivity index (χ4v) is 2.31. The molecule has 0 bridgehead atoms. The topological polar surface area (TPSA) is 57.1 Å². The largest absolute Gasteiger partial charge is 0.496 e. The first kappa shape index (κ1) is 12.7. The lowest BCUT2D eigenvalue weighted by molar-refractivity contribution is 0.319. The Morgan fingerprint density at radius 2 is 1.61 bits per heavy atom. The van der Waals surface area contributed by atoms with E-state index in [1.807, 2.05) is 6.07 Å². The molecule has 0 radical (unpaired) electrons. The van der Waals surface area contributed by atoms with Gasteiger partial charge in [0.1, 0.15) is 5.75 Å². The van der Waals surface area contributed by atoms with E-state index in [9.17, 15) is 4.91 Å². The number of benzene rings is 1. The number of hydrogen-bond donors (Lipinski definition) is 0. The van der Waals surface area contributed by atoms with Crippen LogP contribution in [-0.2, 0) is 0 Å². The van der Waals surface area contributed by atoms with Gasteiger partial charge in [0.05, 0.1) is 27.4 Å². The molecule has 0 saturated heterocycles. The SMILES string of the molecule is COc1cc(OC)c(C2CCC2N=O)cc1OC. The molecule has 0 aromatic heterocycles. The maximum atomic E-state index is 10.7. The summed E-state index contributed by atoms with van der Waals surface area (Å²) in [5.74, 6) is 2.10. The van der Waals surface area contributed by atoms with Crippen LogP contribution in [0.4, 0.5) is 0 Å². The maximum Gasteiger partial charge on any atom is 0.164 e. The van der Waals surface area contributed by atoms with E-state index >= 15 is 0 Å². The highest BCUT2D eigenvalue weighted by molar-refractivity contribution is 5.52. The molecule has 5 heteroatoms. The summed E-state index contributed by atoms with van der Waals surface area (Å²) in [6, 6.07) is 3.51. The fourth-order valence-electron chi connectivity index (χ4n) is 2.31. The lowest BCUT2D eigenvalue weighted by Crippen LogP contribution is -2.27. The fraction of sp³-hybridized carbons (Fsp3) is 0.538. The average molecular weight is 251 g/mol. The van der Waals surface area contributed by atoms with E-state index in [2.05, 4.69) is 5.18 Å². The van der Waals surface area contributed by atoms with Crippen LogP contribution in [0, 0.1) is 4.91 Å². The van der Waals surface area contributed by atoms with E-state index in [4.69, 9.17) is 14.2 Å². The molecule has 0 N–H and O–H groups in total. The lowest BCUT2D eigenvalue weighted by Gasteiger charge is -2.32. The molecule has 2 atom stereocenters. The molecule has 1 aliphatic carbocycles. The zero-order chi connectivity index (χ0) is 13.1. The van der Waals surface area contributed by atoms with Crippen LogP contribution in [0.25, 0.3) is 0 Å². The number of methoxy groups -OCH3 is 3. The highest BCUT2D eigenvalue weighted by atomic mass is 16.5. The van der Waals surface area contributed by atoms with Crippen molar-refractivity contribution in [3.63, 3.8) is 0 Å². The minimum Gasteiger partial charge on any atom is -0.496 e. The molecule has 2 unspecified atom stereocenters. The van der Waals surface area contributed by atoms with Crippen molar-refractivity contribution in [1.82, 2.24) is 0 Å². The van der Waals surface area contributed by atoms with Crippen LogP contribution in [0.3, 0.4) is 0 Å². The van der Waals surface area contributed by atoms with E-state index in [1.165, 1.54) is 0 Å². The van der Waals surface area contributed by atoms with Crippen LogP contribution in [0.5, 0.6) is 17.2 Å². The Balaban J connectivity index is 2.42. The maximum absolute atomic E-state index is 10.7. The Morgan fingerprint density at radius 3 is 2.06 bits per heavy atom. The smallest absolute Gasteiger partial charge is 0.164 e. The van der Waals surface area contributed by atoms with E-state index in [0.29, 0.717) is 17.2 Å². The van der Waals surface area contributed by atoms with Gasteiger partial charge in [-0.05, 0) is 18.9 Å². The monoisotopic (exact) mass is 251 g/mol. The Morgan fingerprint density at radius 1 is 1.00 bits per heavy atom. The summed E-state index contributed by atoms with van der Waals surface area (Å²) in [6.45, 7) is 0. The van der Waals surface area contributed by atoms with Crippen molar-refractivity contribution in [3.05, 3.63) is 22.6 Å². The van der Waals surface area contributed by atoms with Crippen LogP contribution in [-0.4, -0.2) is 27.4 Å². The van der Waals surface area contributed by atoms with Crippen LogP contribution in [0.15, 0.2) is 17.3 Å². The molecule has 0 heterocycles. The summed E-state index contributed by atoms with van der Waals surface area (Å²) < 4.78 is 15.9. The molecule has 0 aliphatic heterocycles. The molecule has 5 nitrogen and oxygen atoms in total. The minimum atomic E-state index is -0.156. The first-order valence-corrected chi connectivity index (χ1v) is 5.87. The van der Waals surface area contributed by atoms with Gasteiger partial charge in [-0.1, -0.05) is 5.18 Å². The third-order valence-electron chi connectivity index (χ3n) is 3.51. The molecule has 2 rings (SSSR count). The van der Waals surface area contributed by atoms with Crippen molar-refractivity contribution in [3.8, 4) is 17.2 Å². The highest BCUT2D eigenvalue weighted by Gasteiger charge is 2.36. The number of nitroso groups, excluding NO2 is 1. The van der Waals surface area contributed by atoms with Crippen molar-refractivity contribution in [2.45, 2.75) is 24.8 Å². The second-order valence-corrected chi connectivity index (χ2v) is 4.31. The van der Waals surface area contributed by atoms with Crippen LogP contribution >= 0.6 is 0 Å². The Kier molecular flexibility index (Phi) is 3.69. The first-order valence-electron chi connectivity index (χ1n) is 5.87.